The summed E-state index contributed by atoms with van der Waals surface area (Å²) >= 11 is 0. The second kappa shape index (κ2) is 13.3. The maximum Gasteiger partial charge on any atom is 0.410 e. The van der Waals surface area contributed by atoms with Crippen LogP contribution in [-0.4, -0.2) is 77.6 Å². The summed E-state index contributed by atoms with van der Waals surface area (Å²) in [6.07, 6.45) is 0.142. The molecule has 14 heteroatoms. The van der Waals surface area contributed by atoms with Crippen LogP contribution in [0.4, 0.5) is 14.9 Å². The Kier molecular flexibility index (Phi) is 9.38. The summed E-state index contributed by atoms with van der Waals surface area (Å²) in [6.45, 7) is 7.68. The zero-order chi connectivity index (χ0) is 35.2. The van der Waals surface area contributed by atoms with E-state index in [1.54, 1.807) is 12.1 Å². The summed E-state index contributed by atoms with van der Waals surface area (Å²) in [5, 5.41) is 5.51. The quantitative estimate of drug-likeness (QED) is 0.322. The van der Waals surface area contributed by atoms with Crippen LogP contribution in [0, 0.1) is 24.6 Å². The number of rotatable bonds is 11. The summed E-state index contributed by atoms with van der Waals surface area (Å²) in [7, 11) is -3.86. The van der Waals surface area contributed by atoms with E-state index in [4.69, 9.17) is 4.74 Å². The summed E-state index contributed by atoms with van der Waals surface area (Å²) in [5.74, 6) is -2.68. The van der Waals surface area contributed by atoms with E-state index >= 15 is 0 Å². The lowest BCUT2D eigenvalue weighted by Crippen LogP contribution is -2.58. The van der Waals surface area contributed by atoms with Crippen LogP contribution in [-0.2, 0) is 42.2 Å². The highest BCUT2D eigenvalue weighted by Crippen LogP contribution is 2.47. The molecule has 2 aromatic carbocycles. The van der Waals surface area contributed by atoms with Crippen LogP contribution in [0.15, 0.2) is 42.5 Å². The van der Waals surface area contributed by atoms with E-state index in [0.717, 1.165) is 11.3 Å². The molecular formula is C35H44FN5O7S. The third-order valence-corrected chi connectivity index (χ3v) is 11.9. The second-order valence-electron chi connectivity index (χ2n) is 14.2. The third kappa shape index (κ3) is 7.10. The monoisotopic (exact) mass is 697 g/mol. The summed E-state index contributed by atoms with van der Waals surface area (Å²) < 4.78 is 47.7. The van der Waals surface area contributed by atoms with Gasteiger partial charge in [-0.1, -0.05) is 51.5 Å². The molecular weight excluding hydrogens is 653 g/mol. The number of aryl methyl sites for hydroxylation is 1. The Morgan fingerprint density at radius 2 is 1.82 bits per heavy atom. The number of fused-ring (bicyclic) bond motifs is 1. The van der Waals surface area contributed by atoms with Gasteiger partial charge in [-0.25, -0.2) is 17.6 Å². The van der Waals surface area contributed by atoms with Crippen molar-refractivity contribution in [3.05, 3.63) is 65.0 Å². The average Bonchev–Trinajstić information content (AvgIpc) is 3.94. The first kappa shape index (κ1) is 34.7. The van der Waals surface area contributed by atoms with Crippen LogP contribution in [0.25, 0.3) is 0 Å². The van der Waals surface area contributed by atoms with Crippen molar-refractivity contribution in [1.29, 1.82) is 0 Å². The number of halogens is 1. The summed E-state index contributed by atoms with van der Waals surface area (Å²) in [6, 6.07) is 10.4. The molecule has 1 saturated heterocycles. The highest BCUT2D eigenvalue weighted by Gasteiger charge is 2.62. The lowest BCUT2D eigenvalue weighted by atomic mass is 10.0. The minimum absolute atomic E-state index is 0.0375. The fraction of sp³-hybridized carbons (Fsp3) is 0.543. The number of ether oxygens (including phenoxy) is 1. The maximum atomic E-state index is 14.4. The van der Waals surface area contributed by atoms with Gasteiger partial charge < -0.3 is 20.3 Å². The standard InChI is InChI=1S/C35H44FN5O7S/c1-5-23-16-35(23,33(44)39-49(46,47)26-12-13-26)38-31(42)29-15-25(48-34(45)40-17-22-9-7-11-28(36)27(22)19-40)18-41(29)32(43)30(20(2)3)37-24-10-6-8-21(4)14-24/h6-11,14,20,23,25-26,29-30,37H,5,12-13,15-19H2,1-4H3,(H,38,42)(H,39,44)/t23-,25?,29+,30+,35-/m1/s1. The van der Waals surface area contributed by atoms with Crippen LogP contribution in [0.2, 0.25) is 0 Å². The molecule has 12 nitrogen and oxygen atoms in total. The number of hydrogen-bond acceptors (Lipinski definition) is 8. The van der Waals surface area contributed by atoms with Gasteiger partial charge in [0.2, 0.25) is 21.8 Å². The van der Waals surface area contributed by atoms with E-state index in [1.807, 2.05) is 52.0 Å². The second-order valence-corrected chi connectivity index (χ2v) is 16.1. The number of benzene rings is 2. The molecule has 0 bridgehead atoms. The van der Waals surface area contributed by atoms with Crippen LogP contribution in [0.1, 0.15) is 69.6 Å². The third-order valence-electron chi connectivity index (χ3n) is 10.1. The van der Waals surface area contributed by atoms with Crippen molar-refractivity contribution < 1.29 is 36.7 Å². The van der Waals surface area contributed by atoms with Gasteiger partial charge in [-0.05, 0) is 67.3 Å². The molecule has 4 amide bonds. The molecule has 3 fully saturated rings. The van der Waals surface area contributed by atoms with Crippen molar-refractivity contribution in [1.82, 2.24) is 19.8 Å². The average molecular weight is 698 g/mol. The number of sulfonamides is 1. The SMILES string of the molecule is CC[C@@H]1C[C@]1(NC(=O)[C@@H]1CC(OC(=O)N2Cc3cccc(F)c3C2)CN1C(=O)[C@@H](Nc1cccc(C)c1)C(C)C)C(=O)NS(=O)(=O)C1CC1. The van der Waals surface area contributed by atoms with E-state index in [0.29, 0.717) is 30.4 Å². The Hall–Kier alpha value is -4.20. The van der Waals surface area contributed by atoms with Crippen LogP contribution < -0.4 is 15.4 Å². The number of carbonyl (C=O) groups excluding carboxylic acids is 4. The zero-order valence-corrected chi connectivity index (χ0v) is 29.0. The predicted molar refractivity (Wildman–Crippen MR) is 179 cm³/mol. The summed E-state index contributed by atoms with van der Waals surface area (Å²) in [4.78, 5) is 57.9. The number of hydrogen-bond donors (Lipinski definition) is 3. The highest BCUT2D eigenvalue weighted by molar-refractivity contribution is 7.91. The molecule has 2 heterocycles. The van der Waals surface area contributed by atoms with Crippen LogP contribution in [0.5, 0.6) is 0 Å². The van der Waals surface area contributed by atoms with Gasteiger partial charge in [0.25, 0.3) is 5.91 Å². The lowest BCUT2D eigenvalue weighted by molar-refractivity contribution is -0.140. The number of likely N-dealkylation sites (tertiary alicyclic amines) is 1. The van der Waals surface area contributed by atoms with Gasteiger partial charge in [0.05, 0.1) is 18.3 Å². The number of amides is 4. The van der Waals surface area contributed by atoms with Crippen LogP contribution >= 0.6 is 0 Å². The van der Waals surface area contributed by atoms with Crippen molar-refractivity contribution in [3.63, 3.8) is 0 Å². The Morgan fingerprint density at radius 1 is 1.08 bits per heavy atom. The first-order valence-electron chi connectivity index (χ1n) is 17.0. The van der Waals surface area contributed by atoms with Gasteiger partial charge in [0.15, 0.2) is 0 Å². The largest absolute Gasteiger partial charge is 0.444 e. The van der Waals surface area contributed by atoms with E-state index < -0.39 is 62.7 Å². The molecule has 0 aromatic heterocycles. The van der Waals surface area contributed by atoms with E-state index in [1.165, 1.54) is 15.9 Å². The van der Waals surface area contributed by atoms with Gasteiger partial charge in [-0.15, -0.1) is 0 Å². The van der Waals surface area contributed by atoms with Crippen LogP contribution in [0.3, 0.4) is 0 Å². The molecule has 1 unspecified atom stereocenters. The molecule has 49 heavy (non-hydrogen) atoms. The maximum absolute atomic E-state index is 14.4. The Balaban J connectivity index is 1.22. The topological polar surface area (TPSA) is 154 Å². The number of carbonyl (C=O) groups is 4. The zero-order valence-electron chi connectivity index (χ0n) is 28.2. The van der Waals surface area contributed by atoms with E-state index in [2.05, 4.69) is 15.4 Å². The fourth-order valence-corrected chi connectivity index (χ4v) is 8.37. The van der Waals surface area contributed by atoms with Crippen molar-refractivity contribution in [3.8, 4) is 0 Å². The van der Waals surface area contributed by atoms with Gasteiger partial charge in [-0.3, -0.25) is 24.0 Å². The summed E-state index contributed by atoms with van der Waals surface area (Å²) in [5.41, 5.74) is 1.40. The van der Waals surface area contributed by atoms with Gasteiger partial charge in [-0.2, -0.15) is 0 Å². The molecule has 4 aliphatic rings. The van der Waals surface area contributed by atoms with Gasteiger partial charge in [0, 0.05) is 24.2 Å². The number of nitrogens with zero attached hydrogens (tertiary/aromatic N) is 2. The molecule has 264 valence electrons. The fourth-order valence-electron chi connectivity index (χ4n) is 7.00. The first-order valence-corrected chi connectivity index (χ1v) is 18.5. The van der Waals surface area contributed by atoms with E-state index in [9.17, 15) is 32.0 Å². The molecule has 2 aromatic rings. The Bertz CT molecular complexity index is 1770. The highest BCUT2D eigenvalue weighted by atomic mass is 32.2. The first-order chi connectivity index (χ1) is 23.2. The molecule has 2 saturated carbocycles. The van der Waals surface area contributed by atoms with E-state index in [-0.39, 0.29) is 50.2 Å². The molecule has 6 rings (SSSR count). The molecule has 2 aliphatic carbocycles. The molecule has 0 spiro atoms. The smallest absolute Gasteiger partial charge is 0.410 e. The minimum Gasteiger partial charge on any atom is -0.444 e. The molecule has 0 radical (unpaired) electrons. The van der Waals surface area contributed by atoms with Crippen molar-refractivity contribution in [2.45, 2.75) is 102 Å². The lowest BCUT2D eigenvalue weighted by Gasteiger charge is -2.31. The molecule has 2 aliphatic heterocycles. The van der Waals surface area contributed by atoms with Gasteiger partial charge >= 0.3 is 6.09 Å². The predicted octanol–water partition coefficient (Wildman–Crippen LogP) is 3.59. The minimum atomic E-state index is -3.86. The normalized spacial score (nSPS) is 25.1. The number of anilines is 1. The number of nitrogens with one attached hydrogen (secondary N) is 3. The Labute approximate surface area is 286 Å². The van der Waals surface area contributed by atoms with Gasteiger partial charge in [0.1, 0.15) is 29.5 Å². The van der Waals surface area contributed by atoms with Crippen molar-refractivity contribution >= 4 is 39.5 Å². The van der Waals surface area contributed by atoms with Crippen molar-refractivity contribution in [2.75, 3.05) is 11.9 Å². The Morgan fingerprint density at radius 3 is 2.45 bits per heavy atom. The molecule has 3 N–H and O–H groups in total. The van der Waals surface area contributed by atoms with Crippen molar-refractivity contribution in [2.24, 2.45) is 11.8 Å². The molecule has 5 atom stereocenters.